The molecule has 3 saturated heterocycles. The second kappa shape index (κ2) is 5.63. The van der Waals surface area contributed by atoms with E-state index >= 15 is 0 Å². The lowest BCUT2D eigenvalue weighted by Gasteiger charge is -2.36. The molecule has 4 rings (SSSR count). The zero-order valence-corrected chi connectivity index (χ0v) is 13.4. The number of aromatic amines is 1. The Hall–Kier alpha value is -1.89. The van der Waals surface area contributed by atoms with Crippen molar-refractivity contribution in [2.75, 3.05) is 18.5 Å². The van der Waals surface area contributed by atoms with Gasteiger partial charge >= 0.3 is 0 Å². The molecular formula is C16H23N5O2. The molecule has 3 aliphatic rings. The van der Waals surface area contributed by atoms with Crippen molar-refractivity contribution in [3.63, 3.8) is 0 Å². The van der Waals surface area contributed by atoms with Crippen molar-refractivity contribution < 1.29 is 9.59 Å². The Balaban J connectivity index is 1.42. The van der Waals surface area contributed by atoms with E-state index in [0.29, 0.717) is 31.1 Å². The van der Waals surface area contributed by atoms with Gasteiger partial charge in [-0.3, -0.25) is 14.7 Å². The molecule has 1 aromatic rings. The van der Waals surface area contributed by atoms with E-state index in [9.17, 15) is 9.59 Å². The summed E-state index contributed by atoms with van der Waals surface area (Å²) in [6.07, 6.45) is 8.12. The molecule has 0 saturated carbocycles. The van der Waals surface area contributed by atoms with Gasteiger partial charge in [-0.25, -0.2) is 0 Å². The van der Waals surface area contributed by atoms with Crippen LogP contribution in [0.1, 0.15) is 32.1 Å². The van der Waals surface area contributed by atoms with Crippen LogP contribution in [0, 0.1) is 5.92 Å². The van der Waals surface area contributed by atoms with Crippen LogP contribution in [-0.4, -0.2) is 58.6 Å². The number of amides is 2. The van der Waals surface area contributed by atoms with E-state index in [1.54, 1.807) is 17.3 Å². The molecule has 7 heteroatoms. The second-order valence-corrected chi connectivity index (χ2v) is 7.07. The van der Waals surface area contributed by atoms with Crippen molar-refractivity contribution in [2.24, 2.45) is 5.92 Å². The maximum Gasteiger partial charge on any atom is 0.228 e. The van der Waals surface area contributed by atoms with Gasteiger partial charge in [0.2, 0.25) is 11.8 Å². The predicted molar refractivity (Wildman–Crippen MR) is 84.8 cm³/mol. The molecule has 7 nitrogen and oxygen atoms in total. The highest BCUT2D eigenvalue weighted by Crippen LogP contribution is 2.31. The Labute approximate surface area is 135 Å². The number of fused-ring (bicyclic) bond motifs is 2. The molecule has 3 aliphatic heterocycles. The number of carbonyl (C=O) groups is 2. The third-order valence-electron chi connectivity index (χ3n) is 5.61. The van der Waals surface area contributed by atoms with Gasteiger partial charge in [-0.2, -0.15) is 5.10 Å². The van der Waals surface area contributed by atoms with E-state index in [0.717, 1.165) is 18.5 Å². The number of H-pyrrole nitrogens is 1. The fourth-order valence-corrected chi connectivity index (χ4v) is 4.33. The van der Waals surface area contributed by atoms with Gasteiger partial charge in [0.05, 0.1) is 17.8 Å². The molecule has 3 fully saturated rings. The van der Waals surface area contributed by atoms with E-state index in [2.05, 4.69) is 15.5 Å². The van der Waals surface area contributed by atoms with E-state index in [4.69, 9.17) is 0 Å². The summed E-state index contributed by atoms with van der Waals surface area (Å²) in [6.45, 7) is 0.458. The first kappa shape index (κ1) is 14.7. The summed E-state index contributed by atoms with van der Waals surface area (Å²) in [5, 5.41) is 10.2. The van der Waals surface area contributed by atoms with E-state index < -0.39 is 0 Å². The Kier molecular flexibility index (Phi) is 3.60. The van der Waals surface area contributed by atoms with Gasteiger partial charge in [0.1, 0.15) is 0 Å². The number of nitrogens with zero attached hydrogens (tertiary/aromatic N) is 3. The van der Waals surface area contributed by atoms with Crippen molar-refractivity contribution in [3.05, 3.63) is 12.4 Å². The number of hydrogen-bond donors (Lipinski definition) is 2. The fourth-order valence-electron chi connectivity index (χ4n) is 4.33. The summed E-state index contributed by atoms with van der Waals surface area (Å²) in [5.74, 6) is -0.130. The monoisotopic (exact) mass is 317 g/mol. The van der Waals surface area contributed by atoms with Gasteiger partial charge in [0.15, 0.2) is 0 Å². The lowest BCUT2D eigenvalue weighted by molar-refractivity contribution is -0.137. The quantitative estimate of drug-likeness (QED) is 0.851. The number of nitrogens with one attached hydrogen (secondary N) is 2. The van der Waals surface area contributed by atoms with Gasteiger partial charge in [-0.15, -0.1) is 0 Å². The third-order valence-corrected chi connectivity index (χ3v) is 5.61. The van der Waals surface area contributed by atoms with Crippen LogP contribution < -0.4 is 10.2 Å². The number of aromatic nitrogens is 2. The van der Waals surface area contributed by atoms with E-state index in [1.165, 1.54) is 12.8 Å². The Morgan fingerprint density at radius 2 is 2.09 bits per heavy atom. The highest BCUT2D eigenvalue weighted by atomic mass is 16.2. The van der Waals surface area contributed by atoms with Gasteiger partial charge in [-0.05, 0) is 25.7 Å². The number of hydrogen-bond acceptors (Lipinski definition) is 4. The summed E-state index contributed by atoms with van der Waals surface area (Å²) in [7, 11) is 1.91. The highest BCUT2D eigenvalue weighted by molar-refractivity contribution is 6.00. The minimum Gasteiger partial charge on any atom is -0.342 e. The van der Waals surface area contributed by atoms with Crippen LogP contribution in [-0.2, 0) is 9.59 Å². The van der Waals surface area contributed by atoms with Gasteiger partial charge in [0.25, 0.3) is 0 Å². The first-order valence-corrected chi connectivity index (χ1v) is 8.43. The number of carbonyl (C=O) groups excluding carboxylic acids is 2. The molecule has 3 atom stereocenters. The molecule has 0 aromatic carbocycles. The van der Waals surface area contributed by atoms with Crippen LogP contribution in [0.3, 0.4) is 0 Å². The number of piperidine rings is 1. The molecule has 3 unspecified atom stereocenters. The summed E-state index contributed by atoms with van der Waals surface area (Å²) in [4.78, 5) is 28.6. The first-order chi connectivity index (χ1) is 11.1. The normalized spacial score (nSPS) is 33.3. The lowest BCUT2D eigenvalue weighted by atomic mass is 9.97. The van der Waals surface area contributed by atoms with Gasteiger partial charge < -0.3 is 15.1 Å². The average Bonchev–Trinajstić information content (AvgIpc) is 3.26. The van der Waals surface area contributed by atoms with Crippen LogP contribution in [0.2, 0.25) is 0 Å². The zero-order valence-electron chi connectivity index (χ0n) is 13.4. The molecular weight excluding hydrogens is 294 g/mol. The summed E-state index contributed by atoms with van der Waals surface area (Å²) < 4.78 is 0. The van der Waals surface area contributed by atoms with Crippen LogP contribution >= 0.6 is 0 Å². The minimum absolute atomic E-state index is 0.00327. The minimum atomic E-state index is -0.241. The maximum absolute atomic E-state index is 12.8. The highest BCUT2D eigenvalue weighted by Gasteiger charge is 2.41. The Morgan fingerprint density at radius 3 is 2.74 bits per heavy atom. The Bertz CT molecular complexity index is 590. The van der Waals surface area contributed by atoms with Gasteiger partial charge in [-0.1, -0.05) is 0 Å². The van der Waals surface area contributed by atoms with Crippen molar-refractivity contribution in [3.8, 4) is 0 Å². The van der Waals surface area contributed by atoms with Gasteiger partial charge in [0, 0.05) is 44.3 Å². The summed E-state index contributed by atoms with van der Waals surface area (Å²) in [5.41, 5.74) is 0.743. The molecule has 0 spiro atoms. The largest absolute Gasteiger partial charge is 0.342 e. The molecule has 0 aliphatic carbocycles. The number of anilines is 1. The van der Waals surface area contributed by atoms with Crippen molar-refractivity contribution in [1.29, 1.82) is 0 Å². The molecule has 23 heavy (non-hydrogen) atoms. The second-order valence-electron chi connectivity index (χ2n) is 7.07. The SMILES string of the molecule is CN(C(=O)C1CC(=O)N(c2cn[nH]c2)C1)C1CC2CCC(C1)N2. The van der Waals surface area contributed by atoms with E-state index in [-0.39, 0.29) is 17.7 Å². The molecule has 124 valence electrons. The van der Waals surface area contributed by atoms with Crippen LogP contribution in [0.5, 0.6) is 0 Å². The molecule has 2 amide bonds. The average molecular weight is 317 g/mol. The number of rotatable bonds is 3. The summed E-state index contributed by atoms with van der Waals surface area (Å²) in [6, 6.07) is 1.42. The van der Waals surface area contributed by atoms with E-state index in [1.807, 2.05) is 11.9 Å². The van der Waals surface area contributed by atoms with Crippen LogP contribution in [0.25, 0.3) is 0 Å². The van der Waals surface area contributed by atoms with Crippen molar-refractivity contribution in [1.82, 2.24) is 20.4 Å². The zero-order chi connectivity index (χ0) is 16.0. The van der Waals surface area contributed by atoms with Crippen molar-refractivity contribution >= 4 is 17.5 Å². The van der Waals surface area contributed by atoms with Crippen LogP contribution in [0.15, 0.2) is 12.4 Å². The Morgan fingerprint density at radius 1 is 1.35 bits per heavy atom. The first-order valence-electron chi connectivity index (χ1n) is 8.43. The maximum atomic E-state index is 12.8. The predicted octanol–water partition coefficient (Wildman–Crippen LogP) is 0.504. The molecule has 2 N–H and O–H groups in total. The summed E-state index contributed by atoms with van der Waals surface area (Å²) >= 11 is 0. The standard InChI is InChI=1S/C16H23N5O2/c1-20(13-5-11-2-3-12(6-13)19-11)16(23)10-4-15(22)21(9-10)14-7-17-18-8-14/h7-8,10-13,19H,2-6,9H2,1H3,(H,17,18). The molecule has 1 aromatic heterocycles. The topological polar surface area (TPSA) is 81.3 Å². The van der Waals surface area contributed by atoms with Crippen LogP contribution in [0.4, 0.5) is 5.69 Å². The molecule has 4 heterocycles. The fraction of sp³-hybridized carbons (Fsp3) is 0.688. The van der Waals surface area contributed by atoms with Crippen molar-refractivity contribution in [2.45, 2.75) is 50.2 Å². The molecule has 0 radical (unpaired) electrons. The molecule has 2 bridgehead atoms. The lowest BCUT2D eigenvalue weighted by Crippen LogP contribution is -2.50. The third kappa shape index (κ3) is 2.63. The smallest absolute Gasteiger partial charge is 0.228 e.